The Bertz CT molecular complexity index is 864. The molecule has 4 rings (SSSR count). The molecule has 0 radical (unpaired) electrons. The van der Waals surface area contributed by atoms with E-state index in [9.17, 15) is 9.59 Å². The summed E-state index contributed by atoms with van der Waals surface area (Å²) in [6, 6.07) is 9.26. The third-order valence-corrected chi connectivity index (χ3v) is 6.10. The smallest absolute Gasteiger partial charge is 0.379 e. The average molecular weight is 400 g/mol. The molecule has 1 aliphatic carbocycles. The van der Waals surface area contributed by atoms with Crippen LogP contribution in [0.4, 0.5) is 0 Å². The number of nitrogens with one attached hydrogen (secondary N) is 1. The normalized spacial score (nSPS) is 19.7. The van der Waals surface area contributed by atoms with Gasteiger partial charge in [0.05, 0.1) is 13.2 Å². The van der Waals surface area contributed by atoms with Gasteiger partial charge in [-0.05, 0) is 12.8 Å². The molecule has 1 aromatic heterocycles. The van der Waals surface area contributed by atoms with Crippen molar-refractivity contribution in [2.24, 2.45) is 0 Å². The van der Waals surface area contributed by atoms with E-state index in [-0.39, 0.29) is 18.0 Å². The van der Waals surface area contributed by atoms with Crippen LogP contribution >= 0.6 is 0 Å². The molecular weight excluding hydrogens is 372 g/mol. The molecule has 1 aliphatic heterocycles. The van der Waals surface area contributed by atoms with E-state index in [1.54, 1.807) is 0 Å². The topological polar surface area (TPSA) is 89.6 Å². The molecule has 1 saturated heterocycles. The second-order valence-corrected chi connectivity index (χ2v) is 7.89. The minimum absolute atomic E-state index is 0.0143. The Morgan fingerprint density at radius 1 is 1.10 bits per heavy atom. The maximum absolute atomic E-state index is 12.7. The predicted molar refractivity (Wildman–Crippen MR) is 107 cm³/mol. The number of morpholine rings is 1. The van der Waals surface area contributed by atoms with E-state index >= 15 is 0 Å². The molecule has 0 unspecified atom stereocenters. The van der Waals surface area contributed by atoms with Gasteiger partial charge in [-0.25, -0.2) is 9.36 Å². The lowest BCUT2D eigenvalue weighted by molar-refractivity contribution is -0.123. The van der Waals surface area contributed by atoms with Gasteiger partial charge in [-0.1, -0.05) is 54.8 Å². The van der Waals surface area contributed by atoms with Gasteiger partial charge in [0.2, 0.25) is 5.91 Å². The van der Waals surface area contributed by atoms with Gasteiger partial charge in [-0.3, -0.25) is 14.2 Å². The van der Waals surface area contributed by atoms with Crippen molar-refractivity contribution >= 4 is 5.91 Å². The fourth-order valence-corrected chi connectivity index (χ4v) is 4.52. The number of carbonyl (C=O) groups excluding carboxylic acids is 1. The summed E-state index contributed by atoms with van der Waals surface area (Å²) in [6.07, 6.45) is 5.76. The van der Waals surface area contributed by atoms with E-state index in [1.165, 1.54) is 23.8 Å². The number of rotatable bonds is 6. The number of ether oxygens (including phenoxy) is 1. The summed E-state index contributed by atoms with van der Waals surface area (Å²) in [6.45, 7) is 3.77. The summed E-state index contributed by atoms with van der Waals surface area (Å²) in [5.74, 6) is -0.462. The van der Waals surface area contributed by atoms with Gasteiger partial charge < -0.3 is 10.1 Å². The van der Waals surface area contributed by atoms with E-state index < -0.39 is 5.76 Å². The Labute approximate surface area is 169 Å². The molecule has 8 nitrogen and oxygen atoms in total. The number of aromatic nitrogens is 2. The molecular formula is C21H28N4O4. The first kappa shape index (κ1) is 19.8. The molecule has 2 heterocycles. The van der Waals surface area contributed by atoms with Crippen LogP contribution in [0.25, 0.3) is 11.4 Å². The average Bonchev–Trinajstić information content (AvgIpc) is 3.14. The fraction of sp³-hybridized carbons (Fsp3) is 0.571. The van der Waals surface area contributed by atoms with Crippen molar-refractivity contribution in [3.63, 3.8) is 0 Å². The van der Waals surface area contributed by atoms with Crippen LogP contribution in [-0.2, 0) is 16.1 Å². The van der Waals surface area contributed by atoms with E-state index in [4.69, 9.17) is 9.26 Å². The maximum atomic E-state index is 12.7. The van der Waals surface area contributed by atoms with Gasteiger partial charge in [-0.2, -0.15) is 0 Å². The largest absolute Gasteiger partial charge is 0.442 e. The standard InChI is InChI=1S/C21H28N4O4/c26-18(15-25-19(23-29-20(25)27)17-7-3-1-4-8-17)22-16-21(9-5-2-6-10-21)24-11-13-28-14-12-24/h1,3-4,7-8H,2,5-6,9-16H2,(H,22,26). The number of hydrogen-bond donors (Lipinski definition) is 1. The molecule has 1 aromatic carbocycles. The summed E-state index contributed by atoms with van der Waals surface area (Å²) in [4.78, 5) is 27.3. The number of carbonyl (C=O) groups is 1. The van der Waals surface area contributed by atoms with Crippen molar-refractivity contribution in [2.45, 2.75) is 44.2 Å². The molecule has 0 atom stereocenters. The highest BCUT2D eigenvalue weighted by Gasteiger charge is 2.38. The zero-order valence-corrected chi connectivity index (χ0v) is 16.6. The minimum Gasteiger partial charge on any atom is -0.379 e. The van der Waals surface area contributed by atoms with Gasteiger partial charge in [0.25, 0.3) is 0 Å². The Morgan fingerprint density at radius 3 is 2.55 bits per heavy atom. The highest BCUT2D eigenvalue weighted by molar-refractivity contribution is 5.76. The molecule has 0 spiro atoms. The number of hydrogen-bond acceptors (Lipinski definition) is 6. The predicted octanol–water partition coefficient (Wildman–Crippen LogP) is 1.65. The SMILES string of the molecule is O=C(Cn1c(-c2ccccc2)noc1=O)NCC1(N2CCOCC2)CCCCC1. The summed E-state index contributed by atoms with van der Waals surface area (Å²) in [5.41, 5.74) is 0.725. The Morgan fingerprint density at radius 2 is 1.83 bits per heavy atom. The van der Waals surface area contributed by atoms with E-state index in [0.29, 0.717) is 12.4 Å². The fourth-order valence-electron chi connectivity index (χ4n) is 4.52. The van der Waals surface area contributed by atoms with Crippen molar-refractivity contribution in [3.05, 3.63) is 40.9 Å². The Kier molecular flexibility index (Phi) is 6.10. The lowest BCUT2D eigenvalue weighted by Crippen LogP contribution is -2.59. The van der Waals surface area contributed by atoms with Gasteiger partial charge in [-0.15, -0.1) is 0 Å². The second kappa shape index (κ2) is 8.92. The van der Waals surface area contributed by atoms with Crippen molar-refractivity contribution in [1.29, 1.82) is 0 Å². The molecule has 0 bridgehead atoms. The zero-order valence-electron chi connectivity index (χ0n) is 16.6. The summed E-state index contributed by atoms with van der Waals surface area (Å²) >= 11 is 0. The van der Waals surface area contributed by atoms with Crippen LogP contribution < -0.4 is 11.1 Å². The highest BCUT2D eigenvalue weighted by atomic mass is 16.5. The molecule has 156 valence electrons. The third-order valence-electron chi connectivity index (χ3n) is 6.10. The third kappa shape index (κ3) is 4.43. The first-order valence-corrected chi connectivity index (χ1v) is 10.4. The first-order valence-electron chi connectivity index (χ1n) is 10.4. The number of benzene rings is 1. The second-order valence-electron chi connectivity index (χ2n) is 7.89. The van der Waals surface area contributed by atoms with Crippen molar-refractivity contribution in [2.75, 3.05) is 32.8 Å². The van der Waals surface area contributed by atoms with Gasteiger partial charge >= 0.3 is 5.76 Å². The van der Waals surface area contributed by atoms with Crippen LogP contribution in [0, 0.1) is 0 Å². The Hall–Kier alpha value is -2.45. The molecule has 1 amide bonds. The molecule has 2 aliphatic rings. The van der Waals surface area contributed by atoms with Gasteiger partial charge in [0, 0.05) is 30.7 Å². The quantitative estimate of drug-likeness (QED) is 0.793. The van der Waals surface area contributed by atoms with E-state index in [2.05, 4.69) is 15.4 Å². The van der Waals surface area contributed by atoms with Crippen LogP contribution in [0.5, 0.6) is 0 Å². The zero-order chi connectivity index (χ0) is 20.1. The van der Waals surface area contributed by atoms with Gasteiger partial charge in [0.15, 0.2) is 5.82 Å². The number of amides is 1. The van der Waals surface area contributed by atoms with Crippen molar-refractivity contribution in [1.82, 2.24) is 19.9 Å². The summed E-state index contributed by atoms with van der Waals surface area (Å²) < 4.78 is 11.6. The highest BCUT2D eigenvalue weighted by Crippen LogP contribution is 2.33. The first-order chi connectivity index (χ1) is 14.2. The molecule has 1 saturated carbocycles. The molecule has 1 N–H and O–H groups in total. The van der Waals surface area contributed by atoms with Crippen LogP contribution in [0.2, 0.25) is 0 Å². The molecule has 2 fully saturated rings. The van der Waals surface area contributed by atoms with E-state index in [1.807, 2.05) is 30.3 Å². The monoisotopic (exact) mass is 400 g/mol. The lowest BCUT2D eigenvalue weighted by atomic mass is 9.79. The Balaban J connectivity index is 1.44. The molecule has 2 aromatic rings. The maximum Gasteiger partial charge on any atom is 0.442 e. The lowest BCUT2D eigenvalue weighted by Gasteiger charge is -2.48. The van der Waals surface area contributed by atoms with Gasteiger partial charge in [0.1, 0.15) is 6.54 Å². The summed E-state index contributed by atoms with van der Waals surface area (Å²) in [7, 11) is 0. The van der Waals surface area contributed by atoms with Crippen LogP contribution in [0.3, 0.4) is 0 Å². The summed E-state index contributed by atoms with van der Waals surface area (Å²) in [5, 5.41) is 6.93. The molecule has 8 heteroatoms. The minimum atomic E-state index is -0.625. The van der Waals surface area contributed by atoms with Crippen molar-refractivity contribution in [3.8, 4) is 11.4 Å². The van der Waals surface area contributed by atoms with Crippen molar-refractivity contribution < 1.29 is 14.1 Å². The van der Waals surface area contributed by atoms with Crippen LogP contribution in [-0.4, -0.2) is 58.9 Å². The van der Waals surface area contributed by atoms with Crippen LogP contribution in [0.1, 0.15) is 32.1 Å². The van der Waals surface area contributed by atoms with E-state index in [0.717, 1.165) is 44.7 Å². The van der Waals surface area contributed by atoms with Crippen LogP contribution in [0.15, 0.2) is 39.6 Å². The molecule has 29 heavy (non-hydrogen) atoms. The number of nitrogens with zero attached hydrogens (tertiary/aromatic N) is 3.